The second kappa shape index (κ2) is 4.40. The van der Waals surface area contributed by atoms with Gasteiger partial charge in [-0.3, -0.25) is 9.78 Å². The van der Waals surface area contributed by atoms with Gasteiger partial charge in [0.05, 0.1) is 0 Å². The molecular weight excluding hydrogens is 190 g/mol. The van der Waals surface area contributed by atoms with Crippen LogP contribution < -0.4 is 10.6 Å². The van der Waals surface area contributed by atoms with Gasteiger partial charge in [-0.25, -0.2) is 0 Å². The van der Waals surface area contributed by atoms with Crippen molar-refractivity contribution in [2.75, 3.05) is 18.4 Å². The smallest absolute Gasteiger partial charge is 0.224 e. The predicted octanol–water partition coefficient (Wildman–Crippen LogP) is 0.938. The molecule has 1 aliphatic rings. The van der Waals surface area contributed by atoms with Gasteiger partial charge in [0.1, 0.15) is 0 Å². The van der Waals surface area contributed by atoms with Crippen LogP contribution in [0.1, 0.15) is 12.0 Å². The average Bonchev–Trinajstić information content (AvgIpc) is 2.16. The number of carbonyl (C=O) groups excluding carboxylic acids is 1. The van der Waals surface area contributed by atoms with Crippen molar-refractivity contribution < 1.29 is 4.79 Å². The average molecular weight is 205 g/mol. The van der Waals surface area contributed by atoms with Crippen LogP contribution >= 0.6 is 0 Å². The molecule has 0 bridgehead atoms. The maximum atomic E-state index is 11.6. The van der Waals surface area contributed by atoms with Crippen LogP contribution in [0.15, 0.2) is 18.5 Å². The Bertz CT molecular complexity index is 361. The highest BCUT2D eigenvalue weighted by Gasteiger charge is 2.20. The number of nitrogens with zero attached hydrogens (tertiary/aromatic N) is 1. The number of hydrogen-bond acceptors (Lipinski definition) is 3. The Kier molecular flexibility index (Phi) is 2.97. The second-order valence-electron chi connectivity index (χ2n) is 3.97. The number of amides is 1. The van der Waals surface area contributed by atoms with E-state index in [4.69, 9.17) is 0 Å². The van der Waals surface area contributed by atoms with Crippen LogP contribution in [0.3, 0.4) is 0 Å². The van der Waals surface area contributed by atoms with Crippen LogP contribution in [0.4, 0.5) is 5.69 Å². The third-order valence-electron chi connectivity index (χ3n) is 2.63. The van der Waals surface area contributed by atoms with Crippen molar-refractivity contribution in [2.24, 2.45) is 5.92 Å². The van der Waals surface area contributed by atoms with E-state index in [1.165, 1.54) is 0 Å². The van der Waals surface area contributed by atoms with E-state index in [1.807, 2.05) is 13.0 Å². The summed E-state index contributed by atoms with van der Waals surface area (Å²) in [6, 6.07) is 1.83. The van der Waals surface area contributed by atoms with Gasteiger partial charge in [-0.05, 0) is 37.6 Å². The summed E-state index contributed by atoms with van der Waals surface area (Å²) >= 11 is 0. The molecule has 2 heterocycles. The van der Waals surface area contributed by atoms with Crippen molar-refractivity contribution in [3.8, 4) is 0 Å². The molecule has 15 heavy (non-hydrogen) atoms. The summed E-state index contributed by atoms with van der Waals surface area (Å²) in [5.41, 5.74) is 1.86. The summed E-state index contributed by atoms with van der Waals surface area (Å²) in [4.78, 5) is 15.6. The highest BCUT2D eigenvalue weighted by molar-refractivity contribution is 5.91. The fraction of sp³-hybridized carbons (Fsp3) is 0.455. The minimum atomic E-state index is 0.0933. The first-order chi connectivity index (χ1) is 7.25. The lowest BCUT2D eigenvalue weighted by Gasteiger charge is -2.26. The molecule has 2 rings (SSSR count). The fourth-order valence-electron chi connectivity index (χ4n) is 1.57. The zero-order valence-electron chi connectivity index (χ0n) is 8.79. The van der Waals surface area contributed by atoms with Gasteiger partial charge in [0.2, 0.25) is 5.91 Å². The number of rotatable bonds is 3. The molecule has 1 amide bonds. The first-order valence-electron chi connectivity index (χ1n) is 5.17. The Morgan fingerprint density at radius 1 is 1.67 bits per heavy atom. The van der Waals surface area contributed by atoms with E-state index in [9.17, 15) is 4.79 Å². The molecule has 4 heteroatoms. The monoisotopic (exact) mass is 205 g/mol. The summed E-state index contributed by atoms with van der Waals surface area (Å²) in [6.45, 7) is 3.86. The van der Waals surface area contributed by atoms with E-state index in [0.717, 1.165) is 24.3 Å². The number of hydrogen-bond donors (Lipinski definition) is 2. The van der Waals surface area contributed by atoms with E-state index < -0.39 is 0 Å². The van der Waals surface area contributed by atoms with Gasteiger partial charge < -0.3 is 10.6 Å². The zero-order chi connectivity index (χ0) is 10.7. The lowest BCUT2D eigenvalue weighted by atomic mass is 9.99. The van der Waals surface area contributed by atoms with Crippen LogP contribution in [0.5, 0.6) is 0 Å². The van der Waals surface area contributed by atoms with Crippen LogP contribution in [-0.4, -0.2) is 24.0 Å². The Labute approximate surface area is 89.1 Å². The van der Waals surface area contributed by atoms with E-state index in [0.29, 0.717) is 12.3 Å². The minimum absolute atomic E-state index is 0.0933. The molecule has 0 saturated carbocycles. The molecule has 2 N–H and O–H groups in total. The molecule has 0 atom stereocenters. The summed E-state index contributed by atoms with van der Waals surface area (Å²) in [7, 11) is 0. The van der Waals surface area contributed by atoms with Gasteiger partial charge >= 0.3 is 0 Å². The largest absolute Gasteiger partial charge is 0.326 e. The van der Waals surface area contributed by atoms with Crippen LogP contribution in [-0.2, 0) is 4.79 Å². The van der Waals surface area contributed by atoms with Crippen molar-refractivity contribution in [2.45, 2.75) is 13.3 Å². The van der Waals surface area contributed by atoms with Gasteiger partial charge in [-0.2, -0.15) is 0 Å². The summed E-state index contributed by atoms with van der Waals surface area (Å²) in [5, 5.41) is 6.05. The Morgan fingerprint density at radius 3 is 3.07 bits per heavy atom. The Hall–Kier alpha value is -1.42. The molecule has 1 aromatic heterocycles. The molecular formula is C11H15N3O. The molecule has 0 spiro atoms. The molecule has 0 unspecified atom stereocenters. The van der Waals surface area contributed by atoms with Gasteiger partial charge in [0, 0.05) is 24.5 Å². The van der Waals surface area contributed by atoms with Crippen LogP contribution in [0.25, 0.3) is 0 Å². The van der Waals surface area contributed by atoms with Crippen molar-refractivity contribution in [1.29, 1.82) is 0 Å². The van der Waals surface area contributed by atoms with Gasteiger partial charge in [-0.15, -0.1) is 0 Å². The lowest BCUT2D eigenvalue weighted by Crippen LogP contribution is -2.43. The van der Waals surface area contributed by atoms with E-state index in [-0.39, 0.29) is 5.91 Å². The van der Waals surface area contributed by atoms with E-state index in [1.54, 1.807) is 12.4 Å². The molecule has 4 nitrogen and oxygen atoms in total. The number of aryl methyl sites for hydroxylation is 1. The minimum Gasteiger partial charge on any atom is -0.326 e. The third kappa shape index (κ3) is 2.53. The van der Waals surface area contributed by atoms with Crippen molar-refractivity contribution in [3.63, 3.8) is 0 Å². The molecule has 0 aromatic carbocycles. The lowest BCUT2D eigenvalue weighted by molar-refractivity contribution is -0.117. The highest BCUT2D eigenvalue weighted by Crippen LogP contribution is 2.14. The van der Waals surface area contributed by atoms with Crippen molar-refractivity contribution in [1.82, 2.24) is 10.3 Å². The van der Waals surface area contributed by atoms with E-state index in [2.05, 4.69) is 15.6 Å². The summed E-state index contributed by atoms with van der Waals surface area (Å²) in [5.74, 6) is 0.600. The molecule has 1 fully saturated rings. The topological polar surface area (TPSA) is 54.0 Å². The van der Waals surface area contributed by atoms with Gasteiger partial charge in [0.25, 0.3) is 0 Å². The molecule has 0 aliphatic carbocycles. The summed E-state index contributed by atoms with van der Waals surface area (Å²) in [6.07, 6.45) is 4.04. The first kappa shape index (κ1) is 10.1. The summed E-state index contributed by atoms with van der Waals surface area (Å²) < 4.78 is 0. The molecule has 1 aliphatic heterocycles. The van der Waals surface area contributed by atoms with Gasteiger partial charge in [0.15, 0.2) is 0 Å². The predicted molar refractivity (Wildman–Crippen MR) is 58.6 cm³/mol. The van der Waals surface area contributed by atoms with Crippen LogP contribution in [0.2, 0.25) is 0 Å². The fourth-order valence-corrected chi connectivity index (χ4v) is 1.57. The number of pyridine rings is 1. The highest BCUT2D eigenvalue weighted by atomic mass is 16.1. The number of aromatic nitrogens is 1. The quantitative estimate of drug-likeness (QED) is 0.772. The van der Waals surface area contributed by atoms with Crippen LogP contribution in [0, 0.1) is 12.8 Å². The standard InChI is InChI=1S/C11H15N3O/c1-8-5-12-3-2-10(8)14-11(15)4-9-6-13-7-9/h2-3,5,9,13H,4,6-7H2,1H3,(H,12,14,15). The Morgan fingerprint density at radius 2 is 2.47 bits per heavy atom. The maximum absolute atomic E-state index is 11.6. The maximum Gasteiger partial charge on any atom is 0.224 e. The molecule has 1 aromatic rings. The SMILES string of the molecule is Cc1cnccc1NC(=O)CC1CNC1. The number of anilines is 1. The molecule has 80 valence electrons. The molecule has 1 saturated heterocycles. The van der Waals surface area contributed by atoms with Crippen molar-refractivity contribution >= 4 is 11.6 Å². The Balaban J connectivity index is 1.90. The molecule has 0 radical (unpaired) electrons. The first-order valence-corrected chi connectivity index (χ1v) is 5.17. The number of nitrogens with one attached hydrogen (secondary N) is 2. The van der Waals surface area contributed by atoms with E-state index >= 15 is 0 Å². The zero-order valence-corrected chi connectivity index (χ0v) is 8.79. The third-order valence-corrected chi connectivity index (χ3v) is 2.63. The normalized spacial score (nSPS) is 15.8. The van der Waals surface area contributed by atoms with Crippen molar-refractivity contribution in [3.05, 3.63) is 24.0 Å². The second-order valence-corrected chi connectivity index (χ2v) is 3.97. The number of carbonyl (C=O) groups is 1. The van der Waals surface area contributed by atoms with Gasteiger partial charge in [-0.1, -0.05) is 0 Å².